The molecule has 0 aliphatic carbocycles. The molecule has 6 aromatic rings. The second-order valence-corrected chi connectivity index (χ2v) is 9.07. The summed E-state index contributed by atoms with van der Waals surface area (Å²) in [4.78, 5) is 8.80. The Balaban J connectivity index is 0.000000170. The van der Waals surface area contributed by atoms with E-state index < -0.39 is 0 Å². The minimum atomic E-state index is 0. The van der Waals surface area contributed by atoms with Crippen LogP contribution in [0.4, 0.5) is 0 Å². The molecule has 0 fully saturated rings. The average Bonchev–Trinajstić information content (AvgIpc) is 2.95. The maximum Gasteiger partial charge on any atom is 0.122 e. The molecule has 0 unspecified atom stereocenters. The third-order valence-corrected chi connectivity index (χ3v) is 6.39. The molecule has 0 spiro atoms. The molecule has 0 N–H and O–H groups in total. The van der Waals surface area contributed by atoms with Crippen LogP contribution in [0.15, 0.2) is 109 Å². The Morgan fingerprint density at radius 3 is 2.26 bits per heavy atom. The van der Waals surface area contributed by atoms with Gasteiger partial charge in [-0.05, 0) is 47.0 Å². The predicted molar refractivity (Wildman–Crippen MR) is 150 cm³/mol. The zero-order valence-electron chi connectivity index (χ0n) is 21.0. The number of nitrogens with zero attached hydrogens (tertiary/aromatic N) is 2. The monoisotopic (exact) mass is 669 g/mol. The van der Waals surface area contributed by atoms with Gasteiger partial charge in [0.15, 0.2) is 0 Å². The largest absolute Gasteiger partial charge is 0.501 e. The smallest absolute Gasteiger partial charge is 0.122 e. The second kappa shape index (κ2) is 11.1. The maximum absolute atomic E-state index is 6.26. The fourth-order valence-electron chi connectivity index (χ4n) is 4.52. The fourth-order valence-corrected chi connectivity index (χ4v) is 4.52. The van der Waals surface area contributed by atoms with Crippen LogP contribution in [-0.2, 0) is 20.1 Å². The van der Waals surface area contributed by atoms with Gasteiger partial charge >= 0.3 is 0 Å². The van der Waals surface area contributed by atoms with E-state index in [1.807, 2.05) is 67.7 Å². The van der Waals surface area contributed by atoms with Gasteiger partial charge in [-0.15, -0.1) is 53.6 Å². The molecule has 0 saturated heterocycles. The van der Waals surface area contributed by atoms with E-state index in [4.69, 9.17) is 4.74 Å². The van der Waals surface area contributed by atoms with Crippen molar-refractivity contribution < 1.29 is 24.8 Å². The van der Waals surface area contributed by atoms with E-state index in [-0.39, 0.29) is 20.1 Å². The van der Waals surface area contributed by atoms with Crippen molar-refractivity contribution in [3.63, 3.8) is 0 Å². The molecular weight excluding hydrogens is 645 g/mol. The molecular formula is C34H24IrN2O-2. The standard InChI is InChI=1S/C21H12NO.C13H12N.Ir/c1-2-13-22-18(11-1)17-10-5-9-16-15-8-3-6-14-7-4-12-19(20(14)15)23-21(16)17;1-10-3-6-12(7-4-10)13-8-5-11(2)9-14-13;/h1-9,11-13H;3-6,8-9H,1-2H3;/q2*-1;. The topological polar surface area (TPSA) is 35.0 Å². The van der Waals surface area contributed by atoms with Crippen LogP contribution >= 0.6 is 0 Å². The Bertz CT molecular complexity index is 1650. The van der Waals surface area contributed by atoms with Gasteiger partial charge in [-0.1, -0.05) is 72.6 Å². The first-order valence-corrected chi connectivity index (χ1v) is 12.2. The number of hydrogen-bond acceptors (Lipinski definition) is 3. The Morgan fingerprint density at radius 1 is 0.684 bits per heavy atom. The molecule has 4 aromatic carbocycles. The summed E-state index contributed by atoms with van der Waals surface area (Å²) in [6.45, 7) is 4.10. The van der Waals surface area contributed by atoms with E-state index in [2.05, 4.69) is 71.5 Å². The summed E-state index contributed by atoms with van der Waals surface area (Å²) in [5, 5.41) is 2.36. The molecule has 187 valence electrons. The van der Waals surface area contributed by atoms with Gasteiger partial charge in [0.05, 0.1) is 5.75 Å². The Hall–Kier alpha value is -4.11. The molecule has 1 aliphatic rings. The summed E-state index contributed by atoms with van der Waals surface area (Å²) < 4.78 is 6.26. The van der Waals surface area contributed by atoms with Crippen molar-refractivity contribution >= 4 is 10.8 Å². The quantitative estimate of drug-likeness (QED) is 0.173. The molecule has 3 nitrogen and oxygen atoms in total. The number of benzene rings is 4. The third-order valence-electron chi connectivity index (χ3n) is 6.39. The van der Waals surface area contributed by atoms with Crippen LogP contribution in [0, 0.1) is 26.0 Å². The SMILES string of the molecule is Cc1c[c-]c(-c2ccc(C)cn2)cc1.[Ir].[c-]1ccc2c(c1-c1ccccn1)Oc1cccc3cccc-2c13. The summed E-state index contributed by atoms with van der Waals surface area (Å²) in [7, 11) is 0. The van der Waals surface area contributed by atoms with Crippen molar-refractivity contribution in [2.45, 2.75) is 13.8 Å². The van der Waals surface area contributed by atoms with Crippen LogP contribution in [0.25, 0.3) is 44.4 Å². The minimum Gasteiger partial charge on any atom is -0.501 e. The van der Waals surface area contributed by atoms with Gasteiger partial charge in [-0.3, -0.25) is 0 Å². The second-order valence-electron chi connectivity index (χ2n) is 9.07. The average molecular weight is 669 g/mol. The van der Waals surface area contributed by atoms with Gasteiger partial charge in [0.25, 0.3) is 0 Å². The van der Waals surface area contributed by atoms with Crippen molar-refractivity contribution in [1.82, 2.24) is 9.97 Å². The molecule has 3 heterocycles. The van der Waals surface area contributed by atoms with Crippen LogP contribution < -0.4 is 4.74 Å². The van der Waals surface area contributed by atoms with Gasteiger partial charge in [0.2, 0.25) is 0 Å². The molecule has 1 aliphatic heterocycles. The van der Waals surface area contributed by atoms with Crippen LogP contribution in [0.3, 0.4) is 0 Å². The number of hydrogen-bond donors (Lipinski definition) is 0. The van der Waals surface area contributed by atoms with E-state index in [1.54, 1.807) is 6.20 Å². The van der Waals surface area contributed by atoms with Gasteiger partial charge in [0, 0.05) is 37.9 Å². The molecule has 0 saturated carbocycles. The Labute approximate surface area is 236 Å². The maximum atomic E-state index is 6.26. The zero-order chi connectivity index (χ0) is 25.2. The van der Waals surface area contributed by atoms with Gasteiger partial charge in [-0.25, -0.2) is 0 Å². The predicted octanol–water partition coefficient (Wildman–Crippen LogP) is 8.64. The number of rotatable bonds is 2. The zero-order valence-corrected chi connectivity index (χ0v) is 23.4. The van der Waals surface area contributed by atoms with Crippen molar-refractivity contribution in [1.29, 1.82) is 0 Å². The van der Waals surface area contributed by atoms with Crippen LogP contribution in [0.2, 0.25) is 0 Å². The van der Waals surface area contributed by atoms with E-state index in [1.165, 1.54) is 27.5 Å². The molecule has 4 heteroatoms. The van der Waals surface area contributed by atoms with Gasteiger partial charge in [0.1, 0.15) is 5.75 Å². The number of fused-ring (bicyclic) bond motifs is 2. The normalized spacial score (nSPS) is 10.9. The first-order chi connectivity index (χ1) is 18.2. The fraction of sp³-hybridized carbons (Fsp3) is 0.0588. The molecule has 0 atom stereocenters. The summed E-state index contributed by atoms with van der Waals surface area (Å²) >= 11 is 0. The molecule has 0 amide bonds. The van der Waals surface area contributed by atoms with Crippen molar-refractivity contribution in [3.05, 3.63) is 133 Å². The first-order valence-electron chi connectivity index (χ1n) is 12.2. The number of ether oxygens (including phenoxy) is 1. The van der Waals surface area contributed by atoms with Gasteiger partial charge in [-0.2, -0.15) is 0 Å². The summed E-state index contributed by atoms with van der Waals surface area (Å²) in [6, 6.07) is 39.1. The number of pyridine rings is 2. The van der Waals surface area contributed by atoms with Crippen molar-refractivity contribution in [3.8, 4) is 45.1 Å². The summed E-state index contributed by atoms with van der Waals surface area (Å²) in [5.74, 6) is 1.72. The van der Waals surface area contributed by atoms with Crippen LogP contribution in [-0.4, -0.2) is 9.97 Å². The van der Waals surface area contributed by atoms with Crippen molar-refractivity contribution in [2.24, 2.45) is 0 Å². The van der Waals surface area contributed by atoms with E-state index in [9.17, 15) is 0 Å². The van der Waals surface area contributed by atoms with E-state index in [0.717, 1.165) is 39.6 Å². The first kappa shape index (κ1) is 25.5. The van der Waals surface area contributed by atoms with Gasteiger partial charge < -0.3 is 14.7 Å². The number of aromatic nitrogens is 2. The molecule has 1 radical (unpaired) electrons. The van der Waals surface area contributed by atoms with E-state index in [0.29, 0.717) is 0 Å². The Morgan fingerprint density at radius 2 is 1.53 bits per heavy atom. The van der Waals surface area contributed by atoms with Crippen molar-refractivity contribution in [2.75, 3.05) is 0 Å². The third kappa shape index (κ3) is 5.02. The Kier molecular flexibility index (Phi) is 7.46. The van der Waals surface area contributed by atoms with Crippen LogP contribution in [0.1, 0.15) is 11.1 Å². The van der Waals surface area contributed by atoms with E-state index >= 15 is 0 Å². The summed E-state index contributed by atoms with van der Waals surface area (Å²) in [5.41, 5.74) is 8.50. The summed E-state index contributed by atoms with van der Waals surface area (Å²) in [6.07, 6.45) is 3.67. The van der Waals surface area contributed by atoms with Crippen LogP contribution in [0.5, 0.6) is 11.5 Å². The molecule has 38 heavy (non-hydrogen) atoms. The molecule has 0 bridgehead atoms. The molecule has 2 aromatic heterocycles. The number of aryl methyl sites for hydroxylation is 2. The molecule has 7 rings (SSSR count). The minimum absolute atomic E-state index is 0.